The number of amides is 1. The largest absolute Gasteiger partial charge is 0.417 e. The van der Waals surface area contributed by atoms with E-state index in [4.69, 9.17) is 0 Å². The molecule has 31 heavy (non-hydrogen) atoms. The standard InChI is InChI=1S/C24H23F3N2OS/c1-4-5-14-29-15-20(23(30)28-17-10-12-18(31-3)13-11-17)16(2)22(29)19-8-6-7-9-21(19)24(25,26)27/h4,6-13,15H,1,5,14H2,2-3H3,(H,28,30). The second-order valence-corrected chi connectivity index (χ2v) is 7.89. The molecule has 0 spiro atoms. The van der Waals surface area contributed by atoms with Gasteiger partial charge < -0.3 is 9.88 Å². The van der Waals surface area contributed by atoms with E-state index in [1.807, 2.05) is 18.4 Å². The Balaban J connectivity index is 2.05. The molecule has 7 heteroatoms. The first-order valence-electron chi connectivity index (χ1n) is 9.69. The normalized spacial score (nSPS) is 11.4. The van der Waals surface area contributed by atoms with Crippen molar-refractivity contribution in [3.63, 3.8) is 0 Å². The predicted octanol–water partition coefficient (Wildman–Crippen LogP) is 7.03. The fourth-order valence-electron chi connectivity index (χ4n) is 3.46. The van der Waals surface area contributed by atoms with Crippen LogP contribution in [0.2, 0.25) is 0 Å². The number of hydrogen-bond acceptors (Lipinski definition) is 2. The minimum absolute atomic E-state index is 0.0555. The van der Waals surface area contributed by atoms with E-state index in [1.54, 1.807) is 53.7 Å². The Hall–Kier alpha value is -2.93. The van der Waals surface area contributed by atoms with Crippen LogP contribution in [0, 0.1) is 6.92 Å². The molecule has 0 fully saturated rings. The number of aromatic nitrogens is 1. The molecule has 162 valence electrons. The highest BCUT2D eigenvalue weighted by atomic mass is 32.2. The molecule has 1 N–H and O–H groups in total. The van der Waals surface area contributed by atoms with Gasteiger partial charge in [0.2, 0.25) is 0 Å². The van der Waals surface area contributed by atoms with Gasteiger partial charge in [-0.1, -0.05) is 24.3 Å². The van der Waals surface area contributed by atoms with E-state index in [2.05, 4.69) is 11.9 Å². The first-order chi connectivity index (χ1) is 14.8. The topological polar surface area (TPSA) is 34.0 Å². The van der Waals surface area contributed by atoms with E-state index >= 15 is 0 Å². The number of aryl methyl sites for hydroxylation is 1. The van der Waals surface area contributed by atoms with Crippen LogP contribution in [0.4, 0.5) is 18.9 Å². The van der Waals surface area contributed by atoms with Crippen LogP contribution in [0.3, 0.4) is 0 Å². The summed E-state index contributed by atoms with van der Waals surface area (Å²) in [5, 5.41) is 2.84. The van der Waals surface area contributed by atoms with Gasteiger partial charge in [-0.15, -0.1) is 18.3 Å². The smallest absolute Gasteiger partial charge is 0.346 e. The van der Waals surface area contributed by atoms with E-state index < -0.39 is 11.7 Å². The molecule has 3 aromatic rings. The van der Waals surface area contributed by atoms with Crippen molar-refractivity contribution >= 4 is 23.4 Å². The number of nitrogens with zero attached hydrogens (tertiary/aromatic N) is 1. The first-order valence-corrected chi connectivity index (χ1v) is 10.9. The van der Waals surface area contributed by atoms with Gasteiger partial charge in [-0.3, -0.25) is 4.79 Å². The molecule has 1 amide bonds. The third-order valence-corrected chi connectivity index (χ3v) is 5.73. The van der Waals surface area contributed by atoms with Crippen molar-refractivity contribution in [2.75, 3.05) is 11.6 Å². The lowest BCUT2D eigenvalue weighted by molar-refractivity contribution is -0.137. The van der Waals surface area contributed by atoms with E-state index in [1.165, 1.54) is 12.1 Å². The molecule has 0 radical (unpaired) electrons. The molecule has 0 saturated carbocycles. The lowest BCUT2D eigenvalue weighted by atomic mass is 10.00. The van der Waals surface area contributed by atoms with Crippen LogP contribution < -0.4 is 5.32 Å². The first kappa shape index (κ1) is 22.7. The Morgan fingerprint density at radius 3 is 2.45 bits per heavy atom. The summed E-state index contributed by atoms with van der Waals surface area (Å²) in [4.78, 5) is 14.0. The van der Waals surface area contributed by atoms with Crippen LogP contribution in [0.1, 0.15) is 27.9 Å². The molecule has 0 unspecified atom stereocenters. The SMILES string of the molecule is C=CCCn1cc(C(=O)Nc2ccc(SC)cc2)c(C)c1-c1ccccc1C(F)(F)F. The van der Waals surface area contributed by atoms with Gasteiger partial charge in [-0.25, -0.2) is 0 Å². The highest BCUT2D eigenvalue weighted by Crippen LogP contribution is 2.39. The molecule has 1 aromatic heterocycles. The number of halogens is 3. The van der Waals surface area contributed by atoms with Crippen molar-refractivity contribution in [1.29, 1.82) is 0 Å². The zero-order valence-corrected chi connectivity index (χ0v) is 18.1. The van der Waals surface area contributed by atoms with Crippen molar-refractivity contribution in [2.24, 2.45) is 0 Å². The Labute approximate surface area is 184 Å². The lowest BCUT2D eigenvalue weighted by Crippen LogP contribution is -2.12. The van der Waals surface area contributed by atoms with Gasteiger partial charge in [0.05, 0.1) is 16.8 Å². The Kier molecular flexibility index (Phi) is 6.95. The Bertz CT molecular complexity index is 1090. The van der Waals surface area contributed by atoms with Crippen molar-refractivity contribution in [2.45, 2.75) is 31.0 Å². The molecule has 0 atom stereocenters. The summed E-state index contributed by atoms with van der Waals surface area (Å²) in [6.45, 7) is 5.79. The Morgan fingerprint density at radius 2 is 1.84 bits per heavy atom. The number of nitrogens with one attached hydrogen (secondary N) is 1. The van der Waals surface area contributed by atoms with Crippen LogP contribution in [0.25, 0.3) is 11.3 Å². The Morgan fingerprint density at radius 1 is 1.16 bits per heavy atom. The number of benzene rings is 2. The van der Waals surface area contributed by atoms with Crippen molar-refractivity contribution in [3.8, 4) is 11.3 Å². The summed E-state index contributed by atoms with van der Waals surface area (Å²) < 4.78 is 42.7. The zero-order chi connectivity index (χ0) is 22.6. The fraction of sp³-hybridized carbons (Fsp3) is 0.208. The minimum Gasteiger partial charge on any atom is -0.346 e. The van der Waals surface area contributed by atoms with E-state index in [0.717, 1.165) is 11.0 Å². The highest BCUT2D eigenvalue weighted by molar-refractivity contribution is 7.98. The van der Waals surface area contributed by atoms with Gasteiger partial charge >= 0.3 is 6.18 Å². The number of rotatable bonds is 7. The maximum atomic E-state index is 13.7. The summed E-state index contributed by atoms with van der Waals surface area (Å²) in [5.41, 5.74) is 1.18. The second kappa shape index (κ2) is 9.47. The molecule has 3 rings (SSSR count). The fourth-order valence-corrected chi connectivity index (χ4v) is 3.87. The van der Waals surface area contributed by atoms with Crippen LogP contribution in [0.5, 0.6) is 0 Å². The van der Waals surface area contributed by atoms with E-state index in [9.17, 15) is 18.0 Å². The molecule has 0 bridgehead atoms. The third kappa shape index (κ3) is 5.05. The minimum atomic E-state index is -4.50. The monoisotopic (exact) mass is 444 g/mol. The van der Waals surface area contributed by atoms with Gasteiger partial charge in [0, 0.05) is 28.9 Å². The lowest BCUT2D eigenvalue weighted by Gasteiger charge is -2.16. The van der Waals surface area contributed by atoms with Crippen molar-refractivity contribution in [3.05, 3.63) is 84.1 Å². The molecule has 0 saturated heterocycles. The molecular weight excluding hydrogens is 421 g/mol. The van der Waals surface area contributed by atoms with Crippen LogP contribution in [-0.2, 0) is 12.7 Å². The summed E-state index contributed by atoms with van der Waals surface area (Å²) in [5.74, 6) is -0.363. The maximum Gasteiger partial charge on any atom is 0.417 e. The molecule has 2 aromatic carbocycles. The van der Waals surface area contributed by atoms with Crippen molar-refractivity contribution in [1.82, 2.24) is 4.57 Å². The number of thioether (sulfide) groups is 1. The molecule has 0 aliphatic rings. The van der Waals surface area contributed by atoms with Gasteiger partial charge in [-0.05, 0) is 55.5 Å². The number of carbonyl (C=O) groups is 1. The van der Waals surface area contributed by atoms with E-state index in [0.29, 0.717) is 35.5 Å². The average Bonchev–Trinajstić information content (AvgIpc) is 3.08. The van der Waals surface area contributed by atoms with Crippen LogP contribution in [0.15, 0.2) is 72.3 Å². The maximum absolute atomic E-state index is 13.7. The zero-order valence-electron chi connectivity index (χ0n) is 17.3. The number of hydrogen-bond donors (Lipinski definition) is 1. The van der Waals surface area contributed by atoms with Gasteiger partial charge in [0.15, 0.2) is 0 Å². The number of carbonyl (C=O) groups excluding carboxylic acids is 1. The van der Waals surface area contributed by atoms with Gasteiger partial charge in [0.25, 0.3) is 5.91 Å². The van der Waals surface area contributed by atoms with Gasteiger partial charge in [-0.2, -0.15) is 13.2 Å². The molecule has 0 aliphatic heterocycles. The number of allylic oxidation sites excluding steroid dienone is 1. The summed E-state index contributed by atoms with van der Waals surface area (Å²) in [6.07, 6.45) is 1.34. The quantitative estimate of drug-likeness (QED) is 0.313. The number of anilines is 1. The van der Waals surface area contributed by atoms with Crippen LogP contribution in [-0.4, -0.2) is 16.7 Å². The summed E-state index contributed by atoms with van der Waals surface area (Å²) in [7, 11) is 0. The molecule has 1 heterocycles. The average molecular weight is 445 g/mol. The molecular formula is C24H23F3N2OS. The second-order valence-electron chi connectivity index (χ2n) is 7.01. The van der Waals surface area contributed by atoms with Gasteiger partial charge in [0.1, 0.15) is 0 Å². The predicted molar refractivity (Wildman–Crippen MR) is 121 cm³/mol. The summed E-state index contributed by atoms with van der Waals surface area (Å²) in [6, 6.07) is 12.8. The summed E-state index contributed by atoms with van der Waals surface area (Å²) >= 11 is 1.59. The number of alkyl halides is 3. The molecule has 3 nitrogen and oxygen atoms in total. The van der Waals surface area contributed by atoms with Crippen LogP contribution >= 0.6 is 11.8 Å². The highest BCUT2D eigenvalue weighted by Gasteiger charge is 2.35. The third-order valence-electron chi connectivity index (χ3n) is 4.99. The van der Waals surface area contributed by atoms with E-state index in [-0.39, 0.29) is 11.5 Å². The molecule has 0 aliphatic carbocycles. The van der Waals surface area contributed by atoms with Crippen molar-refractivity contribution < 1.29 is 18.0 Å².